The van der Waals surface area contributed by atoms with Crippen molar-refractivity contribution in [2.45, 2.75) is 18.7 Å². The molecule has 0 atom stereocenters. The minimum absolute atomic E-state index is 0.144. The molecule has 0 aromatic heterocycles. The van der Waals surface area contributed by atoms with Gasteiger partial charge in [0.05, 0.1) is 16.3 Å². The average Bonchev–Trinajstić information content (AvgIpc) is 2.46. The van der Waals surface area contributed by atoms with Crippen molar-refractivity contribution in [1.29, 1.82) is 0 Å². The second-order valence-corrected chi connectivity index (χ2v) is 7.05. The van der Waals surface area contributed by atoms with E-state index in [2.05, 4.69) is 10.0 Å². The van der Waals surface area contributed by atoms with Gasteiger partial charge in [0.1, 0.15) is 0 Å². The van der Waals surface area contributed by atoms with E-state index in [4.69, 9.17) is 4.74 Å². The number of carbonyl (C=O) groups excluding carboxylic acids is 1. The van der Waals surface area contributed by atoms with E-state index in [-0.39, 0.29) is 17.4 Å². The Morgan fingerprint density at radius 3 is 2.65 bits per heavy atom. The Labute approximate surface area is 134 Å². The molecule has 1 heterocycles. The van der Waals surface area contributed by atoms with Crippen molar-refractivity contribution in [3.63, 3.8) is 0 Å². The maximum atomic E-state index is 12.6. The molecule has 2 aromatic rings. The van der Waals surface area contributed by atoms with Crippen LogP contribution in [0.15, 0.2) is 41.3 Å². The van der Waals surface area contributed by atoms with Crippen LogP contribution in [0, 0.1) is 13.8 Å². The number of fused-ring (bicyclic) bond motifs is 1. The normalized spacial score (nSPS) is 13.7. The maximum absolute atomic E-state index is 12.6. The van der Waals surface area contributed by atoms with Crippen molar-refractivity contribution in [3.05, 3.63) is 47.5 Å². The molecule has 0 bridgehead atoms. The fraction of sp³-hybridized carbons (Fsp3) is 0.188. The molecule has 0 fully saturated rings. The van der Waals surface area contributed by atoms with E-state index in [1.807, 2.05) is 6.92 Å². The minimum atomic E-state index is -3.75. The molecule has 23 heavy (non-hydrogen) atoms. The van der Waals surface area contributed by atoms with E-state index in [1.54, 1.807) is 43.3 Å². The van der Waals surface area contributed by atoms with Crippen molar-refractivity contribution < 1.29 is 17.9 Å². The summed E-state index contributed by atoms with van der Waals surface area (Å²) in [5, 5.41) is 2.68. The molecule has 0 saturated heterocycles. The molecule has 6 nitrogen and oxygen atoms in total. The highest BCUT2D eigenvalue weighted by atomic mass is 32.2. The summed E-state index contributed by atoms with van der Waals surface area (Å²) in [7, 11) is -3.75. The number of hydrogen-bond acceptors (Lipinski definition) is 4. The predicted molar refractivity (Wildman–Crippen MR) is 87.3 cm³/mol. The van der Waals surface area contributed by atoms with E-state index in [0.29, 0.717) is 22.7 Å². The molecule has 7 heteroatoms. The van der Waals surface area contributed by atoms with E-state index in [1.165, 1.54) is 0 Å². The van der Waals surface area contributed by atoms with Crippen LogP contribution >= 0.6 is 0 Å². The number of sulfonamides is 1. The number of carbonyl (C=O) groups is 1. The first-order valence-corrected chi connectivity index (χ1v) is 8.51. The number of amides is 1. The highest BCUT2D eigenvalue weighted by Gasteiger charge is 2.24. The van der Waals surface area contributed by atoms with Crippen LogP contribution in [0.25, 0.3) is 0 Å². The number of hydrogen-bond donors (Lipinski definition) is 2. The Balaban J connectivity index is 2.04. The van der Waals surface area contributed by atoms with Gasteiger partial charge < -0.3 is 10.1 Å². The van der Waals surface area contributed by atoms with E-state index in [9.17, 15) is 13.2 Å². The Morgan fingerprint density at radius 2 is 1.91 bits per heavy atom. The van der Waals surface area contributed by atoms with Crippen molar-refractivity contribution in [3.8, 4) is 5.75 Å². The third-order valence-electron chi connectivity index (χ3n) is 3.48. The second-order valence-electron chi connectivity index (χ2n) is 5.40. The average molecular weight is 332 g/mol. The fourth-order valence-corrected chi connectivity index (χ4v) is 3.78. The van der Waals surface area contributed by atoms with Gasteiger partial charge in [-0.25, -0.2) is 8.42 Å². The van der Waals surface area contributed by atoms with Crippen molar-refractivity contribution >= 4 is 27.3 Å². The molecule has 0 unspecified atom stereocenters. The van der Waals surface area contributed by atoms with Gasteiger partial charge in [-0.1, -0.05) is 18.2 Å². The summed E-state index contributed by atoms with van der Waals surface area (Å²) in [6, 6.07) is 10.1. The third kappa shape index (κ3) is 3.00. The van der Waals surface area contributed by atoms with Gasteiger partial charge in [0, 0.05) is 0 Å². The van der Waals surface area contributed by atoms with Crippen LogP contribution in [-0.4, -0.2) is 20.9 Å². The number of benzene rings is 2. The quantitative estimate of drug-likeness (QED) is 0.904. The van der Waals surface area contributed by atoms with Crippen LogP contribution < -0.4 is 14.8 Å². The molecule has 120 valence electrons. The topological polar surface area (TPSA) is 84.5 Å². The lowest BCUT2D eigenvalue weighted by molar-refractivity contribution is -0.118. The Bertz CT molecular complexity index is 891. The van der Waals surface area contributed by atoms with E-state index >= 15 is 0 Å². The molecule has 1 aliphatic rings. The second kappa shape index (κ2) is 5.58. The lowest BCUT2D eigenvalue weighted by atomic mass is 10.1. The summed E-state index contributed by atoms with van der Waals surface area (Å²) in [4.78, 5) is 11.6. The lowest BCUT2D eigenvalue weighted by Crippen LogP contribution is -2.26. The van der Waals surface area contributed by atoms with Crippen molar-refractivity contribution in [2.75, 3.05) is 16.6 Å². The van der Waals surface area contributed by atoms with Crippen LogP contribution in [0.3, 0.4) is 0 Å². The van der Waals surface area contributed by atoms with Crippen molar-refractivity contribution in [2.24, 2.45) is 0 Å². The van der Waals surface area contributed by atoms with Gasteiger partial charge >= 0.3 is 0 Å². The summed E-state index contributed by atoms with van der Waals surface area (Å²) in [6.07, 6.45) is 0. The molecule has 2 N–H and O–H groups in total. The number of rotatable bonds is 3. The van der Waals surface area contributed by atoms with Gasteiger partial charge in [-0.05, 0) is 43.2 Å². The van der Waals surface area contributed by atoms with Gasteiger partial charge in [-0.3, -0.25) is 9.52 Å². The van der Waals surface area contributed by atoms with Gasteiger partial charge in [-0.15, -0.1) is 0 Å². The number of nitrogens with one attached hydrogen (secondary N) is 2. The summed E-state index contributed by atoms with van der Waals surface area (Å²) in [5.74, 6) is 0.0585. The molecule has 3 rings (SSSR count). The SMILES string of the molecule is Cc1cc2c(c(NS(=O)(=O)c3ccccc3C)c1)OCC(=O)N2. The number of ether oxygens (including phenoxy) is 1. The van der Waals surface area contributed by atoms with E-state index in [0.717, 1.165) is 5.56 Å². The van der Waals surface area contributed by atoms with Crippen LogP contribution in [0.1, 0.15) is 11.1 Å². The molecule has 0 spiro atoms. The molecule has 0 saturated carbocycles. The van der Waals surface area contributed by atoms with Gasteiger partial charge in [0.15, 0.2) is 12.4 Å². The first kappa shape index (κ1) is 15.4. The zero-order valence-corrected chi connectivity index (χ0v) is 13.5. The highest BCUT2D eigenvalue weighted by molar-refractivity contribution is 7.92. The van der Waals surface area contributed by atoms with Crippen LogP contribution in [0.5, 0.6) is 5.75 Å². The maximum Gasteiger partial charge on any atom is 0.262 e. The van der Waals surface area contributed by atoms with E-state index < -0.39 is 10.0 Å². The van der Waals surface area contributed by atoms with Gasteiger partial charge in [0.2, 0.25) is 0 Å². The molecule has 1 aliphatic heterocycles. The monoisotopic (exact) mass is 332 g/mol. The van der Waals surface area contributed by atoms with Crippen LogP contribution in [0.4, 0.5) is 11.4 Å². The zero-order valence-electron chi connectivity index (χ0n) is 12.7. The molecular weight excluding hydrogens is 316 g/mol. The van der Waals surface area contributed by atoms with Crippen LogP contribution in [-0.2, 0) is 14.8 Å². The van der Waals surface area contributed by atoms with Gasteiger partial charge in [0.25, 0.3) is 15.9 Å². The number of anilines is 2. The Morgan fingerprint density at radius 1 is 1.17 bits per heavy atom. The smallest absolute Gasteiger partial charge is 0.262 e. The minimum Gasteiger partial charge on any atom is -0.479 e. The fourth-order valence-electron chi connectivity index (χ4n) is 2.48. The highest BCUT2D eigenvalue weighted by Crippen LogP contribution is 2.38. The summed E-state index contributed by atoms with van der Waals surface area (Å²) < 4.78 is 33.2. The Hall–Kier alpha value is -2.54. The molecular formula is C16H16N2O4S. The van der Waals surface area contributed by atoms with Crippen LogP contribution in [0.2, 0.25) is 0 Å². The van der Waals surface area contributed by atoms with Gasteiger partial charge in [-0.2, -0.15) is 0 Å². The third-order valence-corrected chi connectivity index (χ3v) is 5.01. The molecule has 1 amide bonds. The summed E-state index contributed by atoms with van der Waals surface area (Å²) in [5.41, 5.74) is 2.22. The predicted octanol–water partition coefficient (Wildman–Crippen LogP) is 2.44. The zero-order chi connectivity index (χ0) is 16.6. The number of aryl methyl sites for hydroxylation is 2. The molecule has 2 aromatic carbocycles. The van der Waals surface area contributed by atoms with Crippen molar-refractivity contribution in [1.82, 2.24) is 0 Å². The first-order valence-electron chi connectivity index (χ1n) is 7.02. The molecule has 0 radical (unpaired) electrons. The molecule has 0 aliphatic carbocycles. The lowest BCUT2D eigenvalue weighted by Gasteiger charge is -2.22. The Kier molecular flexibility index (Phi) is 3.73. The largest absolute Gasteiger partial charge is 0.479 e. The summed E-state index contributed by atoms with van der Waals surface area (Å²) in [6.45, 7) is 3.40. The standard InChI is InChI=1S/C16H16N2O4S/c1-10-7-12-16(22-9-15(19)17-12)13(8-10)18-23(20,21)14-6-4-3-5-11(14)2/h3-8,18H,9H2,1-2H3,(H,17,19). The first-order chi connectivity index (χ1) is 10.9. The summed E-state index contributed by atoms with van der Waals surface area (Å²) >= 11 is 0.